The Hall–Kier alpha value is -1.97. The molecule has 1 N–H and O–H groups in total. The maximum Gasteiger partial charge on any atom is 0.328 e. The number of rotatable bonds is 3. The van der Waals surface area contributed by atoms with Crippen LogP contribution in [0.5, 0.6) is 0 Å². The quantitative estimate of drug-likeness (QED) is 0.672. The van der Waals surface area contributed by atoms with E-state index in [9.17, 15) is 23.1 Å². The van der Waals surface area contributed by atoms with Gasteiger partial charge in [-0.3, -0.25) is 9.48 Å². The summed E-state index contributed by atoms with van der Waals surface area (Å²) in [6.07, 6.45) is 2.68. The van der Waals surface area contributed by atoms with Gasteiger partial charge in [0.2, 0.25) is 5.91 Å². The van der Waals surface area contributed by atoms with Gasteiger partial charge in [0.25, 0.3) is 0 Å². The Labute approximate surface area is 114 Å². The highest BCUT2D eigenvalue weighted by Gasteiger charge is 2.70. The van der Waals surface area contributed by atoms with Gasteiger partial charge in [0.1, 0.15) is 10.1 Å². The second-order valence-corrected chi connectivity index (χ2v) is 7.73. The molecular formula is C10H12N4O5S. The number of carbonyl (C=O) groups is 2. The van der Waals surface area contributed by atoms with E-state index in [0.717, 1.165) is 4.90 Å². The van der Waals surface area contributed by atoms with Gasteiger partial charge in [0.05, 0.1) is 19.2 Å². The highest BCUT2D eigenvalue weighted by Crippen LogP contribution is 2.46. The molecule has 108 valence electrons. The highest BCUT2D eigenvalue weighted by atomic mass is 32.2. The number of sulfone groups is 1. The Balaban J connectivity index is 2.10. The lowest BCUT2D eigenvalue weighted by molar-refractivity contribution is -0.157. The summed E-state index contributed by atoms with van der Waals surface area (Å²) in [7, 11) is -3.80. The Morgan fingerprint density at radius 3 is 2.80 bits per heavy atom. The molecule has 0 aliphatic carbocycles. The van der Waals surface area contributed by atoms with E-state index < -0.39 is 37.9 Å². The number of hydrogen-bond donors (Lipinski definition) is 1. The van der Waals surface area contributed by atoms with Crippen molar-refractivity contribution in [3.63, 3.8) is 0 Å². The van der Waals surface area contributed by atoms with Crippen molar-refractivity contribution in [3.05, 3.63) is 12.4 Å². The molecule has 3 atom stereocenters. The molecule has 0 saturated carbocycles. The third kappa shape index (κ3) is 1.39. The Bertz CT molecular complexity index is 685. The molecule has 2 fully saturated rings. The van der Waals surface area contributed by atoms with E-state index in [1.807, 2.05) is 0 Å². The van der Waals surface area contributed by atoms with Crippen LogP contribution in [0.1, 0.15) is 13.3 Å². The van der Waals surface area contributed by atoms with E-state index in [2.05, 4.69) is 10.3 Å². The summed E-state index contributed by atoms with van der Waals surface area (Å²) in [5, 5.41) is 15.6. The van der Waals surface area contributed by atoms with Crippen LogP contribution in [0.25, 0.3) is 0 Å². The first-order valence-electron chi connectivity index (χ1n) is 5.90. The maximum atomic E-state index is 12.5. The number of amides is 1. The van der Waals surface area contributed by atoms with Crippen molar-refractivity contribution in [2.75, 3.05) is 0 Å². The number of carboxylic acid groups (broad SMARTS) is 1. The van der Waals surface area contributed by atoms with E-state index in [1.54, 1.807) is 0 Å². The SMILES string of the molecule is C[C@]1(Cn2ccnn2)C(C(=O)O)N2C(=O)CC2S1(=O)=O. The lowest BCUT2D eigenvalue weighted by atomic mass is 9.96. The van der Waals surface area contributed by atoms with E-state index >= 15 is 0 Å². The molecule has 1 aromatic heterocycles. The Morgan fingerprint density at radius 2 is 2.30 bits per heavy atom. The van der Waals surface area contributed by atoms with Gasteiger partial charge < -0.3 is 10.0 Å². The number of carboxylic acids is 1. The average Bonchev–Trinajstić information content (AvgIpc) is 2.87. The Kier molecular flexibility index (Phi) is 2.46. The molecule has 9 nitrogen and oxygen atoms in total. The average molecular weight is 300 g/mol. The van der Waals surface area contributed by atoms with Gasteiger partial charge in [-0.25, -0.2) is 13.2 Å². The van der Waals surface area contributed by atoms with Crippen LogP contribution < -0.4 is 0 Å². The van der Waals surface area contributed by atoms with E-state index in [4.69, 9.17) is 0 Å². The summed E-state index contributed by atoms with van der Waals surface area (Å²) < 4.78 is 24.7. The fourth-order valence-corrected chi connectivity index (χ4v) is 5.29. The van der Waals surface area contributed by atoms with Crippen LogP contribution in [0, 0.1) is 0 Å². The molecule has 0 bridgehead atoms. The van der Waals surface area contributed by atoms with Crippen LogP contribution in [0.4, 0.5) is 0 Å². The molecular weight excluding hydrogens is 288 g/mol. The lowest BCUT2D eigenvalue weighted by Gasteiger charge is -2.35. The first kappa shape index (κ1) is 13.0. The predicted molar refractivity (Wildman–Crippen MR) is 64.0 cm³/mol. The number of aromatic nitrogens is 3. The van der Waals surface area contributed by atoms with Gasteiger partial charge in [-0.1, -0.05) is 5.21 Å². The molecule has 0 aromatic carbocycles. The number of fused-ring (bicyclic) bond motifs is 1. The van der Waals surface area contributed by atoms with Crippen molar-refractivity contribution >= 4 is 21.7 Å². The van der Waals surface area contributed by atoms with Crippen molar-refractivity contribution in [3.8, 4) is 0 Å². The van der Waals surface area contributed by atoms with Crippen molar-refractivity contribution < 1.29 is 23.1 Å². The van der Waals surface area contributed by atoms with E-state index in [1.165, 1.54) is 24.0 Å². The van der Waals surface area contributed by atoms with Gasteiger partial charge in [0.15, 0.2) is 15.9 Å². The van der Waals surface area contributed by atoms with Gasteiger partial charge in [-0.15, -0.1) is 5.10 Å². The summed E-state index contributed by atoms with van der Waals surface area (Å²) in [6.45, 7) is 1.18. The van der Waals surface area contributed by atoms with Crippen molar-refractivity contribution in [2.24, 2.45) is 0 Å². The minimum Gasteiger partial charge on any atom is -0.480 e. The molecule has 0 radical (unpaired) electrons. The topological polar surface area (TPSA) is 122 Å². The number of carbonyl (C=O) groups excluding carboxylic acids is 1. The van der Waals surface area contributed by atoms with E-state index in [-0.39, 0.29) is 13.0 Å². The molecule has 20 heavy (non-hydrogen) atoms. The Morgan fingerprint density at radius 1 is 1.60 bits per heavy atom. The summed E-state index contributed by atoms with van der Waals surface area (Å²) in [4.78, 5) is 24.0. The standard InChI is InChI=1S/C10H12N4O5S/c1-10(5-13-3-2-11-12-13)8(9(16)17)14-6(15)4-7(14)20(10,18)19/h2-3,7-8H,4-5H2,1H3,(H,16,17)/t7?,8?,10-/m0/s1. The van der Waals surface area contributed by atoms with Crippen molar-refractivity contribution in [1.29, 1.82) is 0 Å². The summed E-state index contributed by atoms with van der Waals surface area (Å²) in [6, 6.07) is -1.40. The molecule has 0 spiro atoms. The minimum absolute atomic E-state index is 0.154. The predicted octanol–water partition coefficient (Wildman–Crippen LogP) is -1.52. The zero-order valence-corrected chi connectivity index (χ0v) is 11.3. The number of aliphatic carboxylic acids is 1. The molecule has 2 aliphatic heterocycles. The maximum absolute atomic E-state index is 12.5. The smallest absolute Gasteiger partial charge is 0.328 e. The second-order valence-electron chi connectivity index (χ2n) is 5.16. The third-order valence-corrected chi connectivity index (χ3v) is 6.76. The van der Waals surface area contributed by atoms with Crippen molar-refractivity contribution in [1.82, 2.24) is 19.9 Å². The summed E-state index contributed by atoms with van der Waals surface area (Å²) >= 11 is 0. The number of nitrogens with zero attached hydrogens (tertiary/aromatic N) is 4. The first-order chi connectivity index (χ1) is 9.29. The number of β-lactam (4-membered cyclic amide) rings is 1. The first-order valence-corrected chi connectivity index (χ1v) is 7.45. The van der Waals surface area contributed by atoms with Crippen LogP contribution in [0.3, 0.4) is 0 Å². The van der Waals surface area contributed by atoms with E-state index in [0.29, 0.717) is 0 Å². The molecule has 1 aromatic rings. The molecule has 2 saturated heterocycles. The van der Waals surface area contributed by atoms with Crippen molar-refractivity contribution in [2.45, 2.75) is 36.1 Å². The largest absolute Gasteiger partial charge is 0.480 e. The fraction of sp³-hybridized carbons (Fsp3) is 0.600. The molecule has 3 heterocycles. The van der Waals surface area contributed by atoms with Gasteiger partial charge in [-0.05, 0) is 6.92 Å². The second kappa shape index (κ2) is 3.78. The molecule has 3 rings (SSSR count). The number of hydrogen-bond acceptors (Lipinski definition) is 6. The highest BCUT2D eigenvalue weighted by molar-refractivity contribution is 7.93. The zero-order chi connectivity index (χ0) is 14.7. The van der Waals surface area contributed by atoms with Crippen LogP contribution >= 0.6 is 0 Å². The molecule has 2 unspecified atom stereocenters. The summed E-state index contributed by atoms with van der Waals surface area (Å²) in [5.41, 5.74) is 0. The van der Waals surface area contributed by atoms with Crippen LogP contribution in [0.15, 0.2) is 12.4 Å². The molecule has 2 aliphatic rings. The van der Waals surface area contributed by atoms with Gasteiger partial charge in [0, 0.05) is 6.20 Å². The summed E-state index contributed by atoms with van der Waals surface area (Å²) in [5.74, 6) is -1.78. The molecule has 10 heteroatoms. The van der Waals surface area contributed by atoms with Crippen LogP contribution in [0.2, 0.25) is 0 Å². The van der Waals surface area contributed by atoms with Gasteiger partial charge >= 0.3 is 5.97 Å². The van der Waals surface area contributed by atoms with Gasteiger partial charge in [-0.2, -0.15) is 0 Å². The lowest BCUT2D eigenvalue weighted by Crippen LogP contribution is -2.58. The minimum atomic E-state index is -3.80. The van der Waals surface area contributed by atoms with Crippen LogP contribution in [-0.2, 0) is 26.0 Å². The zero-order valence-electron chi connectivity index (χ0n) is 10.5. The monoisotopic (exact) mass is 300 g/mol. The molecule has 1 amide bonds. The normalized spacial score (nSPS) is 34.6. The fourth-order valence-electron chi connectivity index (χ4n) is 2.93. The third-order valence-electron chi connectivity index (χ3n) is 3.99. The van der Waals surface area contributed by atoms with Crippen LogP contribution in [-0.4, -0.2) is 61.5 Å².